The van der Waals surface area contributed by atoms with Gasteiger partial charge in [-0.25, -0.2) is 4.39 Å². The Morgan fingerprint density at radius 2 is 2.03 bits per heavy atom. The molecule has 0 N–H and O–H groups in total. The summed E-state index contributed by atoms with van der Waals surface area (Å²) in [4.78, 5) is 14.9. The molecule has 1 saturated heterocycles. The van der Waals surface area contributed by atoms with Gasteiger partial charge >= 0.3 is 0 Å². The highest BCUT2D eigenvalue weighted by Gasteiger charge is 2.31. The van der Waals surface area contributed by atoms with Crippen LogP contribution in [0.2, 0.25) is 0 Å². The highest BCUT2D eigenvalue weighted by atomic mass is 32.2. The van der Waals surface area contributed by atoms with Crippen molar-refractivity contribution < 1.29 is 18.7 Å². The Bertz CT molecular complexity index is 1110. The van der Waals surface area contributed by atoms with E-state index in [0.717, 1.165) is 29.9 Å². The lowest BCUT2D eigenvalue weighted by atomic mass is 10.0. The van der Waals surface area contributed by atoms with Crippen LogP contribution in [0, 0.1) is 5.82 Å². The third-order valence-corrected chi connectivity index (χ3v) is 6.25. The van der Waals surface area contributed by atoms with E-state index in [4.69, 9.17) is 9.47 Å². The van der Waals surface area contributed by atoms with Gasteiger partial charge in [-0.15, -0.1) is 5.10 Å². The minimum Gasteiger partial charge on any atom is -0.486 e. The fraction of sp³-hybridized carbons (Fsp3) is 0.333. The lowest BCUT2D eigenvalue weighted by Gasteiger charge is -2.26. The first-order valence-corrected chi connectivity index (χ1v) is 11.0. The van der Waals surface area contributed by atoms with Crippen LogP contribution in [-0.2, 0) is 4.79 Å². The van der Waals surface area contributed by atoms with Crippen LogP contribution >= 0.6 is 11.8 Å². The number of halogens is 1. The van der Waals surface area contributed by atoms with Crippen LogP contribution in [0.25, 0.3) is 5.69 Å². The lowest BCUT2D eigenvalue weighted by Crippen LogP contribution is -2.32. The Balaban J connectivity index is 1.28. The first-order chi connectivity index (χ1) is 15.2. The van der Waals surface area contributed by atoms with Crippen molar-refractivity contribution in [1.29, 1.82) is 0 Å². The van der Waals surface area contributed by atoms with Gasteiger partial charge in [-0.2, -0.15) is 4.68 Å². The SMILES string of the molecule is O=C(CSc1nnnn1-c1cccc(F)c1)N1CCC[C@@H]1c1ccc2c(c1)OCCO2. The number of benzene rings is 2. The molecule has 0 unspecified atom stereocenters. The number of rotatable bonds is 5. The quantitative estimate of drug-likeness (QED) is 0.563. The van der Waals surface area contributed by atoms with Crippen molar-refractivity contribution in [2.75, 3.05) is 25.5 Å². The van der Waals surface area contributed by atoms with E-state index in [-0.39, 0.29) is 23.5 Å². The molecule has 1 amide bonds. The molecule has 2 aliphatic heterocycles. The summed E-state index contributed by atoms with van der Waals surface area (Å²) in [6.45, 7) is 1.78. The van der Waals surface area contributed by atoms with E-state index < -0.39 is 0 Å². The first kappa shape index (κ1) is 19.8. The maximum atomic E-state index is 13.6. The number of nitrogens with zero attached hydrogens (tertiary/aromatic N) is 5. The summed E-state index contributed by atoms with van der Waals surface area (Å²) >= 11 is 1.24. The lowest BCUT2D eigenvalue weighted by molar-refractivity contribution is -0.129. The smallest absolute Gasteiger partial charge is 0.233 e. The zero-order valence-corrected chi connectivity index (χ0v) is 17.4. The molecule has 0 spiro atoms. The molecular weight excluding hydrogens is 421 g/mol. The Morgan fingerprint density at radius 3 is 2.90 bits per heavy atom. The molecule has 2 aliphatic rings. The molecule has 3 heterocycles. The number of hydrogen-bond acceptors (Lipinski definition) is 7. The zero-order chi connectivity index (χ0) is 21.2. The van der Waals surface area contributed by atoms with Gasteiger partial charge in [0.15, 0.2) is 11.5 Å². The summed E-state index contributed by atoms with van der Waals surface area (Å²) in [5.41, 5.74) is 1.56. The molecule has 0 radical (unpaired) electrons. The Hall–Kier alpha value is -3.14. The van der Waals surface area contributed by atoms with Crippen molar-refractivity contribution in [3.05, 3.63) is 53.8 Å². The number of ether oxygens (including phenoxy) is 2. The van der Waals surface area contributed by atoms with E-state index in [2.05, 4.69) is 15.5 Å². The van der Waals surface area contributed by atoms with Crippen LogP contribution in [0.5, 0.6) is 11.5 Å². The van der Waals surface area contributed by atoms with Crippen molar-refractivity contribution in [3.63, 3.8) is 0 Å². The summed E-state index contributed by atoms with van der Waals surface area (Å²) < 4.78 is 26.3. The van der Waals surface area contributed by atoms with Crippen LogP contribution in [0.15, 0.2) is 47.6 Å². The molecule has 160 valence electrons. The number of fused-ring (bicyclic) bond motifs is 1. The number of hydrogen-bond donors (Lipinski definition) is 0. The predicted octanol–water partition coefficient (Wildman–Crippen LogP) is 3.03. The van der Waals surface area contributed by atoms with Crippen molar-refractivity contribution in [2.45, 2.75) is 24.0 Å². The molecule has 10 heteroatoms. The minimum atomic E-state index is -0.376. The van der Waals surface area contributed by atoms with Crippen LogP contribution in [0.4, 0.5) is 4.39 Å². The van der Waals surface area contributed by atoms with Gasteiger partial charge < -0.3 is 14.4 Å². The van der Waals surface area contributed by atoms with Crippen molar-refractivity contribution >= 4 is 17.7 Å². The summed E-state index contributed by atoms with van der Waals surface area (Å²) in [6.07, 6.45) is 1.84. The fourth-order valence-corrected chi connectivity index (χ4v) is 4.70. The largest absolute Gasteiger partial charge is 0.486 e. The van der Waals surface area contributed by atoms with Crippen molar-refractivity contribution in [3.8, 4) is 17.2 Å². The number of thioether (sulfide) groups is 1. The van der Waals surface area contributed by atoms with Crippen LogP contribution in [-0.4, -0.2) is 56.5 Å². The second kappa shape index (κ2) is 8.54. The molecule has 1 fully saturated rings. The number of aromatic nitrogens is 4. The number of carbonyl (C=O) groups is 1. The molecule has 2 aromatic carbocycles. The Kier molecular flexibility index (Phi) is 5.46. The Labute approximate surface area is 182 Å². The summed E-state index contributed by atoms with van der Waals surface area (Å²) in [6, 6.07) is 11.9. The number of carbonyl (C=O) groups excluding carboxylic acids is 1. The number of tetrazole rings is 1. The molecule has 5 rings (SSSR count). The number of likely N-dealkylation sites (tertiary alicyclic amines) is 1. The van der Waals surface area contributed by atoms with E-state index in [0.29, 0.717) is 30.6 Å². The molecular formula is C21H20FN5O3S. The molecule has 0 bridgehead atoms. The van der Waals surface area contributed by atoms with Gasteiger partial charge in [0.25, 0.3) is 0 Å². The average molecular weight is 441 g/mol. The van der Waals surface area contributed by atoms with Crippen LogP contribution in [0.1, 0.15) is 24.4 Å². The van der Waals surface area contributed by atoms with E-state index in [9.17, 15) is 9.18 Å². The van der Waals surface area contributed by atoms with E-state index in [1.54, 1.807) is 12.1 Å². The average Bonchev–Trinajstić information content (AvgIpc) is 3.47. The fourth-order valence-electron chi connectivity index (χ4n) is 3.93. The first-order valence-electron chi connectivity index (χ1n) is 10.1. The minimum absolute atomic E-state index is 0.00291. The molecule has 31 heavy (non-hydrogen) atoms. The molecule has 8 nitrogen and oxygen atoms in total. The number of amides is 1. The third-order valence-electron chi connectivity index (χ3n) is 5.34. The van der Waals surface area contributed by atoms with Gasteiger partial charge in [-0.1, -0.05) is 23.9 Å². The summed E-state index contributed by atoms with van der Waals surface area (Å²) in [5.74, 6) is 1.30. The van der Waals surface area contributed by atoms with E-state index in [1.807, 2.05) is 23.1 Å². The molecule has 0 saturated carbocycles. The second-order valence-corrected chi connectivity index (χ2v) is 8.23. The summed E-state index contributed by atoms with van der Waals surface area (Å²) in [7, 11) is 0. The zero-order valence-electron chi connectivity index (χ0n) is 16.6. The maximum absolute atomic E-state index is 13.6. The van der Waals surface area contributed by atoms with Crippen LogP contribution < -0.4 is 9.47 Å². The maximum Gasteiger partial charge on any atom is 0.233 e. The topological polar surface area (TPSA) is 82.4 Å². The monoisotopic (exact) mass is 441 g/mol. The van der Waals surface area contributed by atoms with E-state index >= 15 is 0 Å². The molecule has 3 aromatic rings. The third kappa shape index (κ3) is 4.07. The Morgan fingerprint density at radius 1 is 1.16 bits per heavy atom. The van der Waals surface area contributed by atoms with Gasteiger partial charge in [0.1, 0.15) is 19.0 Å². The van der Waals surface area contributed by atoms with E-state index in [1.165, 1.54) is 28.6 Å². The molecule has 1 atom stereocenters. The highest BCUT2D eigenvalue weighted by Crippen LogP contribution is 2.38. The van der Waals surface area contributed by atoms with Gasteiger partial charge in [0.05, 0.1) is 17.5 Å². The second-order valence-electron chi connectivity index (χ2n) is 7.29. The van der Waals surface area contributed by atoms with Crippen LogP contribution in [0.3, 0.4) is 0 Å². The normalized spacial score (nSPS) is 17.7. The van der Waals surface area contributed by atoms with Crippen molar-refractivity contribution in [1.82, 2.24) is 25.1 Å². The van der Waals surface area contributed by atoms with Crippen molar-refractivity contribution in [2.24, 2.45) is 0 Å². The van der Waals surface area contributed by atoms with Gasteiger partial charge in [-0.3, -0.25) is 4.79 Å². The summed E-state index contributed by atoms with van der Waals surface area (Å²) in [5, 5.41) is 12.0. The predicted molar refractivity (Wildman–Crippen MR) is 111 cm³/mol. The van der Waals surface area contributed by atoms with Gasteiger partial charge in [0, 0.05) is 6.54 Å². The standard InChI is InChI=1S/C21H20FN5O3S/c22-15-3-1-4-16(12-15)27-21(23-24-25-27)31-13-20(28)26-8-2-5-17(26)14-6-7-18-19(11-14)30-10-9-29-18/h1,3-4,6-7,11-12,17H,2,5,8-10,13H2/t17-/m1/s1. The molecule has 0 aliphatic carbocycles. The van der Waals surface area contributed by atoms with Gasteiger partial charge in [0.2, 0.25) is 11.1 Å². The van der Waals surface area contributed by atoms with Gasteiger partial charge in [-0.05, 0) is 59.2 Å². The molecule has 1 aromatic heterocycles. The highest BCUT2D eigenvalue weighted by molar-refractivity contribution is 7.99.